The maximum atomic E-state index is 13.6. The fraction of sp³-hybridized carbons (Fsp3) is 0.310. The fourth-order valence-electron chi connectivity index (χ4n) is 3.78. The lowest BCUT2D eigenvalue weighted by atomic mass is 10.0. The Labute approximate surface area is 223 Å². The molecule has 0 spiro atoms. The molecule has 0 fully saturated rings. The van der Waals surface area contributed by atoms with E-state index < -0.39 is 6.04 Å². The summed E-state index contributed by atoms with van der Waals surface area (Å²) in [7, 11) is 0. The van der Waals surface area contributed by atoms with Crippen molar-refractivity contribution in [2.45, 2.75) is 45.7 Å². The summed E-state index contributed by atoms with van der Waals surface area (Å²) < 4.78 is 5.82. The molecular formula is C29H32Cl2N2O3. The number of benzene rings is 3. The van der Waals surface area contributed by atoms with Crippen LogP contribution in [0.25, 0.3) is 0 Å². The van der Waals surface area contributed by atoms with Crippen molar-refractivity contribution in [2.24, 2.45) is 0 Å². The average molecular weight is 527 g/mol. The van der Waals surface area contributed by atoms with Gasteiger partial charge in [-0.05, 0) is 60.4 Å². The number of nitrogens with one attached hydrogen (secondary N) is 1. The second-order valence-corrected chi connectivity index (χ2v) is 9.54. The fourth-order valence-corrected chi connectivity index (χ4v) is 4.03. The lowest BCUT2D eigenvalue weighted by molar-refractivity contribution is -0.142. The van der Waals surface area contributed by atoms with Gasteiger partial charge in [0, 0.05) is 29.6 Å². The number of carbonyl (C=O) groups excluding carboxylic acids is 2. The van der Waals surface area contributed by atoms with Crippen LogP contribution in [0.5, 0.6) is 5.75 Å². The largest absolute Gasteiger partial charge is 0.484 e. The number of nitrogens with zero attached hydrogens (tertiary/aromatic N) is 1. The number of rotatable bonds is 12. The van der Waals surface area contributed by atoms with Crippen LogP contribution < -0.4 is 10.1 Å². The van der Waals surface area contributed by atoms with Crippen LogP contribution in [0.4, 0.5) is 0 Å². The van der Waals surface area contributed by atoms with Gasteiger partial charge in [0.15, 0.2) is 6.61 Å². The minimum atomic E-state index is -0.706. The number of hydrogen-bond donors (Lipinski definition) is 1. The zero-order valence-corrected chi connectivity index (χ0v) is 22.2. The third-order valence-electron chi connectivity index (χ3n) is 5.86. The summed E-state index contributed by atoms with van der Waals surface area (Å²) in [6.07, 6.45) is 2.22. The molecule has 2 amide bonds. The van der Waals surface area contributed by atoms with E-state index in [1.807, 2.05) is 49.4 Å². The first-order chi connectivity index (χ1) is 17.4. The molecule has 0 bridgehead atoms. The maximum absolute atomic E-state index is 13.6. The first-order valence-electron chi connectivity index (χ1n) is 12.1. The Kier molecular flexibility index (Phi) is 10.6. The molecule has 0 saturated carbocycles. The van der Waals surface area contributed by atoms with E-state index in [0.29, 0.717) is 28.8 Å². The van der Waals surface area contributed by atoms with E-state index in [0.717, 1.165) is 29.5 Å². The van der Waals surface area contributed by atoms with Crippen LogP contribution in [0.2, 0.25) is 10.0 Å². The highest BCUT2D eigenvalue weighted by atomic mass is 35.5. The lowest BCUT2D eigenvalue weighted by Gasteiger charge is -2.31. The number of ether oxygens (including phenoxy) is 1. The smallest absolute Gasteiger partial charge is 0.261 e. The van der Waals surface area contributed by atoms with Crippen LogP contribution in [-0.2, 0) is 22.6 Å². The van der Waals surface area contributed by atoms with E-state index in [2.05, 4.69) is 12.2 Å². The highest BCUT2D eigenvalue weighted by Gasteiger charge is 2.30. The summed E-state index contributed by atoms with van der Waals surface area (Å²) >= 11 is 12.2. The highest BCUT2D eigenvalue weighted by molar-refractivity contribution is 6.31. The van der Waals surface area contributed by atoms with Crippen molar-refractivity contribution in [3.8, 4) is 5.75 Å². The van der Waals surface area contributed by atoms with E-state index in [4.69, 9.17) is 27.9 Å². The minimum absolute atomic E-state index is 0.183. The number of unbranched alkanes of at least 4 members (excludes halogenated alkanes) is 1. The average Bonchev–Trinajstić information content (AvgIpc) is 2.88. The molecule has 0 aliphatic carbocycles. The first-order valence-corrected chi connectivity index (χ1v) is 12.9. The Balaban J connectivity index is 1.88. The molecule has 36 heavy (non-hydrogen) atoms. The van der Waals surface area contributed by atoms with Gasteiger partial charge in [0.1, 0.15) is 11.8 Å². The molecule has 0 radical (unpaired) electrons. The summed E-state index contributed by atoms with van der Waals surface area (Å²) in [6, 6.07) is 21.5. The lowest BCUT2D eigenvalue weighted by Crippen LogP contribution is -2.51. The van der Waals surface area contributed by atoms with Crippen LogP contribution in [0.15, 0.2) is 72.8 Å². The van der Waals surface area contributed by atoms with Gasteiger partial charge in [0.25, 0.3) is 5.91 Å². The molecule has 0 aliphatic rings. The second kappa shape index (κ2) is 13.9. The molecule has 5 nitrogen and oxygen atoms in total. The number of hydrogen-bond acceptors (Lipinski definition) is 3. The topological polar surface area (TPSA) is 58.6 Å². The minimum Gasteiger partial charge on any atom is -0.484 e. The van der Waals surface area contributed by atoms with E-state index in [9.17, 15) is 9.59 Å². The van der Waals surface area contributed by atoms with Crippen molar-refractivity contribution < 1.29 is 14.3 Å². The molecule has 3 rings (SSSR count). The third kappa shape index (κ3) is 8.28. The SMILES string of the molecule is CCCCNC(=O)[C@H](Cc1ccccc1)N(Cc1ccc(Cl)cc1)C(=O)COc1ccc(Cl)c(C)c1. The van der Waals surface area contributed by atoms with Gasteiger partial charge in [-0.1, -0.05) is 79.0 Å². The monoisotopic (exact) mass is 526 g/mol. The highest BCUT2D eigenvalue weighted by Crippen LogP contribution is 2.22. The van der Waals surface area contributed by atoms with E-state index in [1.165, 1.54) is 0 Å². The predicted octanol–water partition coefficient (Wildman–Crippen LogP) is 6.24. The van der Waals surface area contributed by atoms with E-state index in [-0.39, 0.29) is 25.0 Å². The van der Waals surface area contributed by atoms with Gasteiger partial charge in [-0.3, -0.25) is 9.59 Å². The molecule has 3 aromatic carbocycles. The molecule has 0 aliphatic heterocycles. The number of aryl methyl sites for hydroxylation is 1. The summed E-state index contributed by atoms with van der Waals surface area (Å²) in [5.74, 6) is 0.0739. The molecule has 3 aromatic rings. The van der Waals surface area contributed by atoms with Gasteiger partial charge in [-0.2, -0.15) is 0 Å². The van der Waals surface area contributed by atoms with Crippen molar-refractivity contribution >= 4 is 35.0 Å². The Morgan fingerprint density at radius 3 is 2.36 bits per heavy atom. The van der Waals surface area contributed by atoms with E-state index in [1.54, 1.807) is 35.2 Å². The van der Waals surface area contributed by atoms with Gasteiger partial charge in [-0.25, -0.2) is 0 Å². The van der Waals surface area contributed by atoms with Gasteiger partial charge in [0.05, 0.1) is 0 Å². The molecule has 0 unspecified atom stereocenters. The molecule has 1 N–H and O–H groups in total. The van der Waals surface area contributed by atoms with E-state index >= 15 is 0 Å². The Morgan fingerprint density at radius 2 is 1.69 bits per heavy atom. The van der Waals surface area contributed by atoms with Crippen LogP contribution in [-0.4, -0.2) is 35.9 Å². The van der Waals surface area contributed by atoms with Gasteiger partial charge >= 0.3 is 0 Å². The summed E-state index contributed by atoms with van der Waals surface area (Å²) in [5, 5.41) is 4.25. The van der Waals surface area contributed by atoms with Crippen molar-refractivity contribution in [3.63, 3.8) is 0 Å². The number of carbonyl (C=O) groups is 2. The molecule has 7 heteroatoms. The molecule has 0 aromatic heterocycles. The Hall–Kier alpha value is -3.02. The molecule has 190 valence electrons. The molecule has 0 heterocycles. The normalized spacial score (nSPS) is 11.6. The predicted molar refractivity (Wildman–Crippen MR) is 146 cm³/mol. The molecular weight excluding hydrogens is 495 g/mol. The first kappa shape index (κ1) is 27.6. The number of halogens is 2. The van der Waals surface area contributed by atoms with Crippen LogP contribution in [0.3, 0.4) is 0 Å². The third-order valence-corrected chi connectivity index (χ3v) is 6.53. The maximum Gasteiger partial charge on any atom is 0.261 e. The molecule has 1 atom stereocenters. The van der Waals surface area contributed by atoms with Crippen LogP contribution in [0, 0.1) is 6.92 Å². The van der Waals surface area contributed by atoms with Crippen molar-refractivity contribution in [1.82, 2.24) is 10.2 Å². The standard InChI is InChI=1S/C29H32Cl2N2O3/c1-3-4-16-32-29(35)27(18-22-8-6-5-7-9-22)33(19-23-10-12-24(30)13-11-23)28(34)20-36-25-14-15-26(31)21(2)17-25/h5-15,17,27H,3-4,16,18-20H2,1-2H3,(H,32,35)/t27-/m0/s1. The Bertz CT molecular complexity index is 1140. The van der Waals surface area contributed by atoms with Gasteiger partial charge < -0.3 is 15.0 Å². The van der Waals surface area contributed by atoms with Crippen molar-refractivity contribution in [1.29, 1.82) is 0 Å². The van der Waals surface area contributed by atoms with Gasteiger partial charge in [-0.15, -0.1) is 0 Å². The van der Waals surface area contributed by atoms with Crippen LogP contribution in [0.1, 0.15) is 36.5 Å². The Morgan fingerprint density at radius 1 is 0.972 bits per heavy atom. The van der Waals surface area contributed by atoms with Crippen molar-refractivity contribution in [3.05, 3.63) is 99.5 Å². The van der Waals surface area contributed by atoms with Crippen molar-refractivity contribution in [2.75, 3.05) is 13.2 Å². The zero-order chi connectivity index (χ0) is 25.9. The van der Waals surface area contributed by atoms with Crippen LogP contribution >= 0.6 is 23.2 Å². The van der Waals surface area contributed by atoms with Gasteiger partial charge in [0.2, 0.25) is 5.91 Å². The summed E-state index contributed by atoms with van der Waals surface area (Å²) in [5.41, 5.74) is 2.70. The zero-order valence-electron chi connectivity index (χ0n) is 20.7. The second-order valence-electron chi connectivity index (χ2n) is 8.70. The number of amides is 2. The molecule has 0 saturated heterocycles. The summed E-state index contributed by atoms with van der Waals surface area (Å²) in [6.45, 7) is 4.55. The quantitative estimate of drug-likeness (QED) is 0.284. The summed E-state index contributed by atoms with van der Waals surface area (Å²) in [4.78, 5) is 28.6.